The fourth-order valence-electron chi connectivity index (χ4n) is 1.64. The summed E-state index contributed by atoms with van der Waals surface area (Å²) in [5, 5.41) is 0. The van der Waals surface area contributed by atoms with Crippen LogP contribution in [0.25, 0.3) is 0 Å². The topological polar surface area (TPSA) is 0 Å². The molecule has 0 aromatic heterocycles. The van der Waals surface area contributed by atoms with Crippen LogP contribution in [0.1, 0.15) is 11.1 Å². The van der Waals surface area contributed by atoms with Crippen molar-refractivity contribution >= 4 is 0 Å². The third-order valence-corrected chi connectivity index (χ3v) is 3.01. The van der Waals surface area contributed by atoms with Crippen LogP contribution < -0.4 is 0 Å². The largest absolute Gasteiger partial charge is 0.460 e. The summed E-state index contributed by atoms with van der Waals surface area (Å²) in [5.41, 5.74) is -6.24. The van der Waals surface area contributed by atoms with Gasteiger partial charge in [-0.2, -0.15) is 61.5 Å². The van der Waals surface area contributed by atoms with Crippen molar-refractivity contribution in [1.82, 2.24) is 0 Å². The minimum absolute atomic E-state index is 0.0566. The third kappa shape index (κ3) is 3.06. The summed E-state index contributed by atoms with van der Waals surface area (Å²) >= 11 is 0. The Morgan fingerprint density at radius 2 is 0.962 bits per heavy atom. The van der Waals surface area contributed by atoms with Crippen LogP contribution in [0.3, 0.4) is 0 Å². The monoisotopic (exact) mass is 413 g/mol. The average Bonchev–Trinajstić information content (AvgIpc) is 2.44. The summed E-state index contributed by atoms with van der Waals surface area (Å²) in [6, 6.07) is 0.393. The van der Waals surface area contributed by atoms with Crippen LogP contribution in [0.15, 0.2) is 18.2 Å². The van der Waals surface area contributed by atoms with Crippen LogP contribution in [0.5, 0.6) is 0 Å². The number of rotatable bonds is 4. The van der Waals surface area contributed by atoms with Crippen molar-refractivity contribution in [2.24, 2.45) is 0 Å². The zero-order valence-corrected chi connectivity index (χ0v) is 11.5. The van der Waals surface area contributed by atoms with Crippen molar-refractivity contribution in [3.05, 3.63) is 35.4 Å². The van der Waals surface area contributed by atoms with Crippen LogP contribution in [0, 0.1) is 6.07 Å². The molecule has 0 fully saturated rings. The van der Waals surface area contributed by atoms with Gasteiger partial charge >= 0.3 is 36.0 Å². The first-order chi connectivity index (χ1) is 11.2. The van der Waals surface area contributed by atoms with Gasteiger partial charge in [0.25, 0.3) is 0 Å². The number of benzene rings is 1. The molecule has 0 heterocycles. The molecule has 0 saturated heterocycles. The van der Waals surface area contributed by atoms with Gasteiger partial charge in [-0.3, -0.25) is 0 Å². The molecule has 0 amide bonds. The summed E-state index contributed by atoms with van der Waals surface area (Å²) in [7, 11) is 0. The highest BCUT2D eigenvalue weighted by molar-refractivity contribution is 5.37. The Hall–Kier alpha value is -1.76. The van der Waals surface area contributed by atoms with Gasteiger partial charge in [0.15, 0.2) is 0 Å². The maximum absolute atomic E-state index is 13.6. The molecule has 0 atom stereocenters. The van der Waals surface area contributed by atoms with Crippen molar-refractivity contribution in [1.29, 1.82) is 0 Å². The molecule has 0 aliphatic carbocycles. The first kappa shape index (κ1) is 22.3. The summed E-state index contributed by atoms with van der Waals surface area (Å²) < 4.78 is 179. The summed E-state index contributed by atoms with van der Waals surface area (Å²) in [4.78, 5) is 0. The number of alkyl halides is 14. The minimum atomic E-state index is -7.07. The van der Waals surface area contributed by atoms with Crippen LogP contribution in [-0.2, 0) is 11.8 Å². The zero-order chi connectivity index (χ0) is 21.0. The molecule has 0 spiro atoms. The van der Waals surface area contributed by atoms with Gasteiger partial charge in [0.1, 0.15) is 0 Å². The highest BCUT2D eigenvalue weighted by atomic mass is 19.4. The molecule has 0 aliphatic rings. The molecule has 1 aromatic rings. The van der Waals surface area contributed by atoms with Crippen LogP contribution >= 0.6 is 0 Å². The maximum atomic E-state index is 13.6. The molecule has 1 rings (SSSR count). The molecular formula is C12H3F14. The standard InChI is InChI=1S/C12H3F14/c13-7(14,9(17,18)11(21,22)23)5-3-1-2-4-6(5)8(15,16)10(19,20)12(24,25)26/h1-3H. The fourth-order valence-corrected chi connectivity index (χ4v) is 1.64. The molecule has 14 heteroatoms. The quantitative estimate of drug-likeness (QED) is 0.526. The number of halogens is 14. The lowest BCUT2D eigenvalue weighted by Crippen LogP contribution is -2.53. The smallest absolute Gasteiger partial charge is 0.194 e. The molecule has 0 bridgehead atoms. The Labute approximate surface area is 134 Å². The SMILES string of the molecule is FC(F)(F)C(F)(F)C(F)(F)c1[c]cccc1C(F)(F)C(F)(F)C(F)(F)F. The Morgan fingerprint density at radius 1 is 0.577 bits per heavy atom. The van der Waals surface area contributed by atoms with Gasteiger partial charge in [0.05, 0.1) is 0 Å². The van der Waals surface area contributed by atoms with E-state index in [-0.39, 0.29) is 12.1 Å². The van der Waals surface area contributed by atoms with E-state index in [2.05, 4.69) is 0 Å². The molecule has 1 aromatic carbocycles. The zero-order valence-electron chi connectivity index (χ0n) is 11.5. The van der Waals surface area contributed by atoms with Crippen molar-refractivity contribution in [3.63, 3.8) is 0 Å². The summed E-state index contributed by atoms with van der Waals surface area (Å²) in [5.74, 6) is -27.4. The van der Waals surface area contributed by atoms with Crippen LogP contribution in [0.2, 0.25) is 0 Å². The van der Waals surface area contributed by atoms with Gasteiger partial charge in [0, 0.05) is 11.1 Å². The van der Waals surface area contributed by atoms with E-state index < -0.39 is 53.2 Å². The molecular weight excluding hydrogens is 410 g/mol. The van der Waals surface area contributed by atoms with E-state index in [0.29, 0.717) is 0 Å². The van der Waals surface area contributed by atoms with E-state index in [9.17, 15) is 61.5 Å². The number of hydrogen-bond acceptors (Lipinski definition) is 0. The fraction of sp³-hybridized carbons (Fsp3) is 0.500. The van der Waals surface area contributed by atoms with Crippen molar-refractivity contribution in [2.45, 2.75) is 36.0 Å². The van der Waals surface area contributed by atoms with Crippen LogP contribution in [0.4, 0.5) is 61.5 Å². The average molecular weight is 413 g/mol. The van der Waals surface area contributed by atoms with E-state index in [4.69, 9.17) is 0 Å². The molecule has 0 N–H and O–H groups in total. The van der Waals surface area contributed by atoms with Crippen LogP contribution in [-0.4, -0.2) is 24.2 Å². The first-order valence-electron chi connectivity index (χ1n) is 5.89. The van der Waals surface area contributed by atoms with Gasteiger partial charge < -0.3 is 0 Å². The van der Waals surface area contributed by atoms with Gasteiger partial charge in [-0.05, 0) is 6.07 Å². The van der Waals surface area contributed by atoms with E-state index >= 15 is 0 Å². The van der Waals surface area contributed by atoms with Crippen molar-refractivity contribution in [2.75, 3.05) is 0 Å². The highest BCUT2D eigenvalue weighted by Gasteiger charge is 2.77. The molecule has 149 valence electrons. The summed E-state index contributed by atoms with van der Waals surface area (Å²) in [6.45, 7) is 0. The lowest BCUT2D eigenvalue weighted by Gasteiger charge is -2.33. The Bertz CT molecular complexity index is 594. The molecule has 1 radical (unpaired) electrons. The second-order valence-corrected chi connectivity index (χ2v) is 4.75. The molecule has 0 unspecified atom stereocenters. The summed E-state index contributed by atoms with van der Waals surface area (Å²) in [6.07, 6.45) is -14.1. The van der Waals surface area contributed by atoms with Gasteiger partial charge in [-0.1, -0.05) is 18.2 Å². The normalized spacial score (nSPS) is 15.3. The molecule has 0 nitrogen and oxygen atoms in total. The maximum Gasteiger partial charge on any atom is 0.460 e. The minimum Gasteiger partial charge on any atom is -0.194 e. The van der Waals surface area contributed by atoms with Gasteiger partial charge in [-0.15, -0.1) is 0 Å². The second-order valence-electron chi connectivity index (χ2n) is 4.75. The van der Waals surface area contributed by atoms with Gasteiger partial charge in [0.2, 0.25) is 0 Å². The van der Waals surface area contributed by atoms with E-state index in [1.54, 1.807) is 0 Å². The predicted octanol–water partition coefficient (Wildman–Crippen LogP) is 6.07. The van der Waals surface area contributed by atoms with Gasteiger partial charge in [-0.25, -0.2) is 0 Å². The van der Waals surface area contributed by atoms with Crippen molar-refractivity contribution in [3.8, 4) is 0 Å². The number of hydrogen-bond donors (Lipinski definition) is 0. The first-order valence-corrected chi connectivity index (χ1v) is 5.89. The van der Waals surface area contributed by atoms with E-state index in [1.165, 1.54) is 0 Å². The predicted molar refractivity (Wildman–Crippen MR) is 55.1 cm³/mol. The Morgan fingerprint density at radius 3 is 1.35 bits per heavy atom. The lowest BCUT2D eigenvalue weighted by atomic mass is 9.90. The Kier molecular flexibility index (Phi) is 5.03. The van der Waals surface area contributed by atoms with E-state index in [1.807, 2.05) is 0 Å². The third-order valence-electron chi connectivity index (χ3n) is 3.01. The van der Waals surface area contributed by atoms with E-state index in [0.717, 1.165) is 6.07 Å². The highest BCUT2D eigenvalue weighted by Crippen LogP contribution is 2.57. The lowest BCUT2D eigenvalue weighted by molar-refractivity contribution is -0.367. The molecule has 26 heavy (non-hydrogen) atoms. The molecule has 0 aliphatic heterocycles. The van der Waals surface area contributed by atoms with Crippen molar-refractivity contribution < 1.29 is 61.5 Å². The molecule has 0 saturated carbocycles. The second kappa shape index (κ2) is 5.87. The Balaban J connectivity index is 3.73.